The van der Waals surface area contributed by atoms with Gasteiger partial charge < -0.3 is 10.8 Å². The van der Waals surface area contributed by atoms with Gasteiger partial charge in [0.2, 0.25) is 0 Å². The summed E-state index contributed by atoms with van der Waals surface area (Å²) in [7, 11) is 0. The number of hydrogen-bond donors (Lipinski definition) is 2. The zero-order valence-electron chi connectivity index (χ0n) is 6.19. The number of pyridine rings is 1. The molecule has 1 rings (SSSR count). The van der Waals surface area contributed by atoms with Gasteiger partial charge in [0, 0.05) is 11.8 Å². The summed E-state index contributed by atoms with van der Waals surface area (Å²) in [6, 6.07) is 3.51. The van der Waals surface area contributed by atoms with Gasteiger partial charge in [-0.1, -0.05) is 6.07 Å². The van der Waals surface area contributed by atoms with E-state index in [0.717, 1.165) is 0 Å². The first-order valence-electron chi connectivity index (χ1n) is 3.10. The molecule has 1 aromatic rings. The van der Waals surface area contributed by atoms with Gasteiger partial charge in [0.05, 0.1) is 6.10 Å². The largest absolute Gasteiger partial charge is 0.389 e. The highest BCUT2D eigenvalue weighted by Crippen LogP contribution is 2.15. The Labute approximate surface area is 71.7 Å². The molecule has 1 atom stereocenters. The summed E-state index contributed by atoms with van der Waals surface area (Å²) < 4.78 is 0. The van der Waals surface area contributed by atoms with Gasteiger partial charge in [0.25, 0.3) is 0 Å². The summed E-state index contributed by atoms with van der Waals surface area (Å²) in [5, 5.41) is 9.08. The summed E-state index contributed by atoms with van der Waals surface area (Å²) in [6.07, 6.45) is 1.06. The number of nitrogen functional groups attached to an aromatic ring is 1. The lowest BCUT2D eigenvalue weighted by atomic mass is 10.2. The number of aliphatic hydroxyl groups is 1. The van der Waals surface area contributed by atoms with Crippen LogP contribution in [0.3, 0.4) is 0 Å². The molecular formula is C7H11ClN2O. The maximum atomic E-state index is 9.08. The summed E-state index contributed by atoms with van der Waals surface area (Å²) in [4.78, 5) is 3.82. The van der Waals surface area contributed by atoms with Gasteiger partial charge in [-0.2, -0.15) is 0 Å². The van der Waals surface area contributed by atoms with Crippen molar-refractivity contribution < 1.29 is 5.11 Å². The molecule has 0 aliphatic heterocycles. The molecule has 62 valence electrons. The predicted octanol–water partition coefficient (Wildman–Crippen LogP) is 1.14. The topological polar surface area (TPSA) is 59.1 Å². The Kier molecular flexibility index (Phi) is 3.85. The second-order valence-corrected chi connectivity index (χ2v) is 2.15. The van der Waals surface area contributed by atoms with Gasteiger partial charge >= 0.3 is 0 Å². The molecule has 0 spiro atoms. The Bertz CT molecular complexity index is 227. The highest BCUT2D eigenvalue weighted by Gasteiger charge is 2.03. The molecule has 0 aliphatic rings. The number of aliphatic hydroxyl groups excluding tert-OH is 1. The highest BCUT2D eigenvalue weighted by molar-refractivity contribution is 5.85. The summed E-state index contributed by atoms with van der Waals surface area (Å²) in [5.74, 6) is 0.400. The average Bonchev–Trinajstić information content (AvgIpc) is 1.88. The van der Waals surface area contributed by atoms with E-state index in [1.54, 1.807) is 25.3 Å². The van der Waals surface area contributed by atoms with Crippen LogP contribution in [0.2, 0.25) is 0 Å². The molecule has 3 nitrogen and oxygen atoms in total. The van der Waals surface area contributed by atoms with Crippen LogP contribution in [0.15, 0.2) is 18.3 Å². The van der Waals surface area contributed by atoms with Crippen LogP contribution >= 0.6 is 12.4 Å². The van der Waals surface area contributed by atoms with E-state index in [0.29, 0.717) is 11.4 Å². The monoisotopic (exact) mass is 174 g/mol. The Morgan fingerprint density at radius 1 is 1.64 bits per heavy atom. The maximum absolute atomic E-state index is 9.08. The van der Waals surface area contributed by atoms with E-state index < -0.39 is 6.10 Å². The quantitative estimate of drug-likeness (QED) is 0.671. The van der Waals surface area contributed by atoms with Gasteiger partial charge in [-0.25, -0.2) is 4.98 Å². The normalized spacial score (nSPS) is 11.8. The molecule has 0 saturated carbocycles. The van der Waals surface area contributed by atoms with E-state index in [9.17, 15) is 0 Å². The second-order valence-electron chi connectivity index (χ2n) is 2.15. The first-order valence-corrected chi connectivity index (χ1v) is 3.10. The molecule has 0 saturated heterocycles. The van der Waals surface area contributed by atoms with Gasteiger partial charge in [0.15, 0.2) is 0 Å². The number of nitrogens with two attached hydrogens (primary N) is 1. The minimum atomic E-state index is -0.534. The van der Waals surface area contributed by atoms with Crippen LogP contribution in [0.25, 0.3) is 0 Å². The number of aromatic nitrogens is 1. The summed E-state index contributed by atoms with van der Waals surface area (Å²) in [5.41, 5.74) is 6.13. The summed E-state index contributed by atoms with van der Waals surface area (Å²) >= 11 is 0. The first kappa shape index (κ1) is 10.2. The van der Waals surface area contributed by atoms with Crippen molar-refractivity contribution >= 4 is 18.2 Å². The minimum Gasteiger partial charge on any atom is -0.389 e. The third kappa shape index (κ3) is 2.37. The highest BCUT2D eigenvalue weighted by atomic mass is 35.5. The number of anilines is 1. The van der Waals surface area contributed by atoms with Crippen LogP contribution in [0, 0.1) is 0 Å². The van der Waals surface area contributed by atoms with Crippen molar-refractivity contribution in [2.24, 2.45) is 0 Å². The Morgan fingerprint density at radius 2 is 2.27 bits per heavy atom. The van der Waals surface area contributed by atoms with Gasteiger partial charge in [-0.15, -0.1) is 12.4 Å². The first-order chi connectivity index (χ1) is 4.72. The van der Waals surface area contributed by atoms with E-state index >= 15 is 0 Å². The van der Waals surface area contributed by atoms with Crippen molar-refractivity contribution in [1.29, 1.82) is 0 Å². The average molecular weight is 175 g/mol. The molecule has 4 heteroatoms. The number of nitrogens with zero attached hydrogens (tertiary/aromatic N) is 1. The molecule has 11 heavy (non-hydrogen) atoms. The smallest absolute Gasteiger partial charge is 0.129 e. The van der Waals surface area contributed by atoms with E-state index in [-0.39, 0.29) is 12.4 Å². The van der Waals surface area contributed by atoms with Crippen molar-refractivity contribution in [3.63, 3.8) is 0 Å². The lowest BCUT2D eigenvalue weighted by Gasteiger charge is -2.05. The SMILES string of the molecule is C[C@H](O)c1cccnc1N.Cl. The molecule has 0 amide bonds. The zero-order chi connectivity index (χ0) is 7.56. The van der Waals surface area contributed by atoms with Crippen LogP contribution in [0.5, 0.6) is 0 Å². The fraction of sp³-hybridized carbons (Fsp3) is 0.286. The van der Waals surface area contributed by atoms with Crippen molar-refractivity contribution in [3.8, 4) is 0 Å². The standard InChI is InChI=1S/C7H10N2O.ClH/c1-5(10)6-3-2-4-9-7(6)8;/h2-5,10H,1H3,(H2,8,9);1H/t5-;/m0./s1. The number of hydrogen-bond acceptors (Lipinski definition) is 3. The molecule has 1 aromatic heterocycles. The lowest BCUT2D eigenvalue weighted by Crippen LogP contribution is -1.99. The maximum Gasteiger partial charge on any atom is 0.129 e. The fourth-order valence-corrected chi connectivity index (χ4v) is 0.783. The Hall–Kier alpha value is -0.800. The Balaban J connectivity index is 0.000001000. The second kappa shape index (κ2) is 4.16. The van der Waals surface area contributed by atoms with E-state index in [4.69, 9.17) is 10.8 Å². The third-order valence-electron chi connectivity index (χ3n) is 1.32. The zero-order valence-corrected chi connectivity index (χ0v) is 7.01. The lowest BCUT2D eigenvalue weighted by molar-refractivity contribution is 0.199. The number of rotatable bonds is 1. The molecule has 0 fully saturated rings. The van der Waals surface area contributed by atoms with Gasteiger partial charge in [-0.05, 0) is 13.0 Å². The third-order valence-corrected chi connectivity index (χ3v) is 1.32. The van der Waals surface area contributed by atoms with E-state index in [1.165, 1.54) is 0 Å². The van der Waals surface area contributed by atoms with Crippen LogP contribution in [-0.4, -0.2) is 10.1 Å². The van der Waals surface area contributed by atoms with Crippen molar-refractivity contribution in [3.05, 3.63) is 23.9 Å². The Morgan fingerprint density at radius 3 is 2.64 bits per heavy atom. The molecule has 1 heterocycles. The van der Waals surface area contributed by atoms with Gasteiger partial charge in [-0.3, -0.25) is 0 Å². The van der Waals surface area contributed by atoms with E-state index in [2.05, 4.69) is 4.98 Å². The molecule has 0 aliphatic carbocycles. The minimum absolute atomic E-state index is 0. The summed E-state index contributed by atoms with van der Waals surface area (Å²) in [6.45, 7) is 1.66. The molecule has 0 unspecified atom stereocenters. The van der Waals surface area contributed by atoms with Crippen molar-refractivity contribution in [2.75, 3.05) is 5.73 Å². The van der Waals surface area contributed by atoms with Crippen LogP contribution in [0.4, 0.5) is 5.82 Å². The molecule has 3 N–H and O–H groups in total. The van der Waals surface area contributed by atoms with Crippen LogP contribution in [0.1, 0.15) is 18.6 Å². The van der Waals surface area contributed by atoms with Gasteiger partial charge in [0.1, 0.15) is 5.82 Å². The van der Waals surface area contributed by atoms with Crippen molar-refractivity contribution in [1.82, 2.24) is 4.98 Å². The van der Waals surface area contributed by atoms with E-state index in [1.807, 2.05) is 0 Å². The number of halogens is 1. The van der Waals surface area contributed by atoms with Crippen LogP contribution < -0.4 is 5.73 Å². The van der Waals surface area contributed by atoms with Crippen LogP contribution in [-0.2, 0) is 0 Å². The predicted molar refractivity (Wildman–Crippen MR) is 46.5 cm³/mol. The molecule has 0 radical (unpaired) electrons. The molecular weight excluding hydrogens is 164 g/mol. The molecule has 0 aromatic carbocycles. The van der Waals surface area contributed by atoms with Crippen molar-refractivity contribution in [2.45, 2.75) is 13.0 Å². The fourth-order valence-electron chi connectivity index (χ4n) is 0.783. The molecule has 0 bridgehead atoms.